The predicted molar refractivity (Wildman–Crippen MR) is 89.2 cm³/mol. The maximum Gasteiger partial charge on any atom is 0.287 e. The number of furan rings is 1. The van der Waals surface area contributed by atoms with Crippen molar-refractivity contribution in [1.29, 1.82) is 0 Å². The standard InChI is InChI=1S/C19H18FNO3/c1-11-3-8-16-14(9-11)10-17(24-16)19(23)21-12(2)18(22)13-4-6-15(20)7-5-13/h3-10,12,18,22H,1-2H3,(H,21,23). The van der Waals surface area contributed by atoms with E-state index in [1.165, 1.54) is 24.3 Å². The first-order chi connectivity index (χ1) is 11.4. The van der Waals surface area contributed by atoms with Crippen molar-refractivity contribution in [3.63, 3.8) is 0 Å². The molecule has 0 saturated carbocycles. The van der Waals surface area contributed by atoms with Gasteiger partial charge in [0.15, 0.2) is 5.76 Å². The predicted octanol–water partition coefficient (Wildman–Crippen LogP) is 3.73. The molecule has 0 aliphatic carbocycles. The summed E-state index contributed by atoms with van der Waals surface area (Å²) in [5, 5.41) is 13.8. The monoisotopic (exact) mass is 327 g/mol. The van der Waals surface area contributed by atoms with E-state index in [0.717, 1.165) is 10.9 Å². The van der Waals surface area contributed by atoms with Crippen molar-refractivity contribution in [2.45, 2.75) is 26.0 Å². The van der Waals surface area contributed by atoms with Gasteiger partial charge in [-0.3, -0.25) is 4.79 Å². The highest BCUT2D eigenvalue weighted by molar-refractivity contribution is 5.96. The van der Waals surface area contributed by atoms with Gasteiger partial charge in [0.2, 0.25) is 0 Å². The minimum absolute atomic E-state index is 0.189. The molecule has 2 unspecified atom stereocenters. The Kier molecular flexibility index (Phi) is 4.36. The molecule has 2 aromatic carbocycles. The third-order valence-electron chi connectivity index (χ3n) is 3.94. The number of hydrogen-bond donors (Lipinski definition) is 2. The van der Waals surface area contributed by atoms with E-state index in [9.17, 15) is 14.3 Å². The largest absolute Gasteiger partial charge is 0.451 e. The number of aliphatic hydroxyl groups is 1. The molecule has 0 radical (unpaired) electrons. The summed E-state index contributed by atoms with van der Waals surface area (Å²) in [6, 6.07) is 12.3. The Morgan fingerprint density at radius 2 is 1.88 bits per heavy atom. The van der Waals surface area contributed by atoms with E-state index in [2.05, 4.69) is 5.32 Å². The van der Waals surface area contributed by atoms with Gasteiger partial charge in [-0.15, -0.1) is 0 Å². The van der Waals surface area contributed by atoms with Crippen LogP contribution in [0, 0.1) is 12.7 Å². The average Bonchev–Trinajstić information content (AvgIpc) is 2.98. The summed E-state index contributed by atoms with van der Waals surface area (Å²) in [6.07, 6.45) is -0.943. The van der Waals surface area contributed by atoms with Gasteiger partial charge in [0.25, 0.3) is 5.91 Å². The normalized spacial score (nSPS) is 13.7. The number of benzene rings is 2. The van der Waals surface area contributed by atoms with Gasteiger partial charge >= 0.3 is 0 Å². The lowest BCUT2D eigenvalue weighted by Crippen LogP contribution is -2.36. The zero-order valence-electron chi connectivity index (χ0n) is 13.4. The maximum atomic E-state index is 12.9. The second kappa shape index (κ2) is 6.45. The first-order valence-electron chi connectivity index (χ1n) is 7.68. The maximum absolute atomic E-state index is 12.9. The Bertz CT molecular complexity index is 870. The molecule has 5 heteroatoms. The minimum atomic E-state index is -0.943. The van der Waals surface area contributed by atoms with Crippen LogP contribution in [0.3, 0.4) is 0 Å². The highest BCUT2D eigenvalue weighted by Crippen LogP contribution is 2.22. The second-order valence-corrected chi connectivity index (χ2v) is 5.91. The molecule has 3 rings (SSSR count). The van der Waals surface area contributed by atoms with Crippen LogP contribution in [0.4, 0.5) is 4.39 Å². The van der Waals surface area contributed by atoms with E-state index >= 15 is 0 Å². The van der Waals surface area contributed by atoms with Crippen LogP contribution in [-0.4, -0.2) is 17.1 Å². The number of halogens is 1. The van der Waals surface area contributed by atoms with Gasteiger partial charge < -0.3 is 14.8 Å². The summed E-state index contributed by atoms with van der Waals surface area (Å²) in [4.78, 5) is 12.3. The van der Waals surface area contributed by atoms with Crippen LogP contribution in [0.5, 0.6) is 0 Å². The number of aryl methyl sites for hydroxylation is 1. The molecule has 0 saturated heterocycles. The fourth-order valence-electron chi connectivity index (χ4n) is 2.58. The molecule has 0 bridgehead atoms. The molecule has 24 heavy (non-hydrogen) atoms. The number of carbonyl (C=O) groups is 1. The molecule has 2 N–H and O–H groups in total. The lowest BCUT2D eigenvalue weighted by Gasteiger charge is -2.20. The zero-order chi connectivity index (χ0) is 17.3. The van der Waals surface area contributed by atoms with Crippen LogP contribution in [0.1, 0.15) is 34.7 Å². The smallest absolute Gasteiger partial charge is 0.287 e. The molecule has 3 aromatic rings. The fourth-order valence-corrected chi connectivity index (χ4v) is 2.58. The van der Waals surface area contributed by atoms with E-state index in [1.54, 1.807) is 13.0 Å². The third-order valence-corrected chi connectivity index (χ3v) is 3.94. The van der Waals surface area contributed by atoms with Crippen molar-refractivity contribution in [2.24, 2.45) is 0 Å². The Morgan fingerprint density at radius 1 is 1.17 bits per heavy atom. The third kappa shape index (κ3) is 3.31. The summed E-state index contributed by atoms with van der Waals surface area (Å²) in [5.74, 6) is -0.591. The van der Waals surface area contributed by atoms with Crippen molar-refractivity contribution >= 4 is 16.9 Å². The number of fused-ring (bicyclic) bond motifs is 1. The van der Waals surface area contributed by atoms with Crippen LogP contribution >= 0.6 is 0 Å². The molecule has 1 heterocycles. The number of aliphatic hydroxyl groups excluding tert-OH is 1. The Hall–Kier alpha value is -2.66. The molecule has 1 aromatic heterocycles. The van der Waals surface area contributed by atoms with Crippen LogP contribution in [0.15, 0.2) is 52.9 Å². The highest BCUT2D eigenvalue weighted by Gasteiger charge is 2.21. The summed E-state index contributed by atoms with van der Waals surface area (Å²) < 4.78 is 18.5. The highest BCUT2D eigenvalue weighted by atomic mass is 19.1. The second-order valence-electron chi connectivity index (χ2n) is 5.91. The van der Waals surface area contributed by atoms with Gasteiger partial charge in [0.1, 0.15) is 11.4 Å². The molecule has 124 valence electrons. The van der Waals surface area contributed by atoms with Crippen molar-refractivity contribution < 1.29 is 18.7 Å². The lowest BCUT2D eigenvalue weighted by atomic mass is 10.0. The topological polar surface area (TPSA) is 62.5 Å². The molecule has 0 aliphatic rings. The number of hydrogen-bond acceptors (Lipinski definition) is 3. The summed E-state index contributed by atoms with van der Waals surface area (Å²) in [7, 11) is 0. The molecule has 2 atom stereocenters. The van der Waals surface area contributed by atoms with Crippen LogP contribution in [0.25, 0.3) is 11.0 Å². The van der Waals surface area contributed by atoms with Crippen LogP contribution in [0.2, 0.25) is 0 Å². The minimum Gasteiger partial charge on any atom is -0.451 e. The first-order valence-corrected chi connectivity index (χ1v) is 7.68. The number of rotatable bonds is 4. The van der Waals surface area contributed by atoms with Crippen LogP contribution in [-0.2, 0) is 0 Å². The summed E-state index contributed by atoms with van der Waals surface area (Å²) in [5.41, 5.74) is 2.25. The molecule has 0 fully saturated rings. The SMILES string of the molecule is Cc1ccc2oc(C(=O)NC(C)C(O)c3ccc(F)cc3)cc2c1. The van der Waals surface area contributed by atoms with E-state index in [0.29, 0.717) is 11.1 Å². The van der Waals surface area contributed by atoms with Crippen LogP contribution < -0.4 is 5.32 Å². The molecule has 1 amide bonds. The van der Waals surface area contributed by atoms with Gasteiger partial charge in [-0.25, -0.2) is 4.39 Å². The molecule has 0 aliphatic heterocycles. The van der Waals surface area contributed by atoms with Crippen molar-refractivity contribution in [3.05, 3.63) is 71.2 Å². The van der Waals surface area contributed by atoms with E-state index in [1.807, 2.05) is 25.1 Å². The number of nitrogens with one attached hydrogen (secondary N) is 1. The van der Waals surface area contributed by atoms with Gasteiger partial charge in [-0.1, -0.05) is 23.8 Å². The lowest BCUT2D eigenvalue weighted by molar-refractivity contribution is 0.0828. The quantitative estimate of drug-likeness (QED) is 0.767. The fraction of sp³-hybridized carbons (Fsp3) is 0.211. The van der Waals surface area contributed by atoms with Gasteiger partial charge in [-0.05, 0) is 49.7 Å². The van der Waals surface area contributed by atoms with Gasteiger partial charge in [0.05, 0.1) is 12.1 Å². The van der Waals surface area contributed by atoms with E-state index in [-0.39, 0.29) is 11.6 Å². The summed E-state index contributed by atoms with van der Waals surface area (Å²) >= 11 is 0. The molecule has 0 spiro atoms. The van der Waals surface area contributed by atoms with Gasteiger partial charge in [0, 0.05) is 5.39 Å². The molecule has 4 nitrogen and oxygen atoms in total. The van der Waals surface area contributed by atoms with Gasteiger partial charge in [-0.2, -0.15) is 0 Å². The Morgan fingerprint density at radius 3 is 2.58 bits per heavy atom. The summed E-state index contributed by atoms with van der Waals surface area (Å²) in [6.45, 7) is 3.64. The first kappa shape index (κ1) is 16.2. The Balaban J connectivity index is 1.73. The Labute approximate surface area is 138 Å². The van der Waals surface area contributed by atoms with E-state index < -0.39 is 18.1 Å². The molecular weight excluding hydrogens is 309 g/mol. The van der Waals surface area contributed by atoms with E-state index in [4.69, 9.17) is 4.42 Å². The van der Waals surface area contributed by atoms with Crippen molar-refractivity contribution in [1.82, 2.24) is 5.32 Å². The van der Waals surface area contributed by atoms with Crippen molar-refractivity contribution in [3.8, 4) is 0 Å². The average molecular weight is 327 g/mol. The zero-order valence-corrected chi connectivity index (χ0v) is 13.4. The number of amides is 1. The molecular formula is C19H18FNO3. The number of carbonyl (C=O) groups excluding carboxylic acids is 1. The van der Waals surface area contributed by atoms with Crippen molar-refractivity contribution in [2.75, 3.05) is 0 Å².